The van der Waals surface area contributed by atoms with Crippen LogP contribution < -0.4 is 10.6 Å². The van der Waals surface area contributed by atoms with Gasteiger partial charge in [-0.25, -0.2) is 0 Å². The van der Waals surface area contributed by atoms with Crippen molar-refractivity contribution in [1.82, 2.24) is 15.5 Å². The van der Waals surface area contributed by atoms with Crippen molar-refractivity contribution in [3.63, 3.8) is 0 Å². The van der Waals surface area contributed by atoms with Gasteiger partial charge in [0.05, 0.1) is 0 Å². The fraction of sp³-hybridized carbons (Fsp3) is 0.615. The highest BCUT2D eigenvalue weighted by Crippen LogP contribution is 2.00. The first kappa shape index (κ1) is 15.4. The van der Waals surface area contributed by atoms with E-state index in [1.54, 1.807) is 19.2 Å². The Balaban J connectivity index is 2.20. The molecule has 1 aromatic heterocycles. The normalized spacial score (nSPS) is 10.5. The number of rotatable bonds is 8. The fourth-order valence-electron chi connectivity index (χ4n) is 1.37. The van der Waals surface area contributed by atoms with E-state index in [2.05, 4.69) is 34.7 Å². The zero-order valence-corrected chi connectivity index (χ0v) is 11.8. The van der Waals surface area contributed by atoms with E-state index in [0.29, 0.717) is 30.6 Å². The van der Waals surface area contributed by atoms with Gasteiger partial charge in [0.15, 0.2) is 5.69 Å². The third-order valence-corrected chi connectivity index (χ3v) is 2.36. The van der Waals surface area contributed by atoms with Crippen LogP contribution in [0.25, 0.3) is 0 Å². The number of aromatic nitrogens is 2. The van der Waals surface area contributed by atoms with Crippen LogP contribution in [0, 0.1) is 5.92 Å². The van der Waals surface area contributed by atoms with E-state index >= 15 is 0 Å². The minimum Gasteiger partial charge on any atom is -0.381 e. The molecule has 6 nitrogen and oxygen atoms in total. The molecule has 1 rings (SSSR count). The topological polar surface area (TPSA) is 76.1 Å². The molecular formula is C13H22N4O2. The molecule has 19 heavy (non-hydrogen) atoms. The van der Waals surface area contributed by atoms with Crippen molar-refractivity contribution in [3.05, 3.63) is 17.8 Å². The zero-order chi connectivity index (χ0) is 14.1. The maximum absolute atomic E-state index is 11.7. The molecule has 1 heterocycles. The Morgan fingerprint density at radius 1 is 1.37 bits per heavy atom. The van der Waals surface area contributed by atoms with Gasteiger partial charge in [-0.2, -0.15) is 0 Å². The third-order valence-electron chi connectivity index (χ3n) is 2.36. The number of amides is 1. The number of nitrogens with zero attached hydrogens (tertiary/aromatic N) is 2. The molecule has 1 aromatic rings. The van der Waals surface area contributed by atoms with E-state index in [1.165, 1.54) is 0 Å². The number of anilines is 1. The molecule has 6 heteroatoms. The van der Waals surface area contributed by atoms with E-state index in [-0.39, 0.29) is 5.91 Å². The maximum atomic E-state index is 11.7. The summed E-state index contributed by atoms with van der Waals surface area (Å²) in [5, 5.41) is 13.3. The molecule has 0 aliphatic heterocycles. The number of carbonyl (C=O) groups excluding carboxylic acids is 1. The number of hydrogen-bond acceptors (Lipinski definition) is 5. The van der Waals surface area contributed by atoms with Crippen molar-refractivity contribution in [2.24, 2.45) is 5.92 Å². The van der Waals surface area contributed by atoms with Gasteiger partial charge in [-0.1, -0.05) is 13.8 Å². The summed E-state index contributed by atoms with van der Waals surface area (Å²) in [6.07, 6.45) is 0.792. The highest BCUT2D eigenvalue weighted by molar-refractivity contribution is 5.92. The summed E-state index contributed by atoms with van der Waals surface area (Å²) in [6.45, 7) is 6.20. The Kier molecular flexibility index (Phi) is 6.81. The summed E-state index contributed by atoms with van der Waals surface area (Å²) in [5.41, 5.74) is 0.321. The van der Waals surface area contributed by atoms with Crippen LogP contribution in [-0.4, -0.2) is 42.9 Å². The predicted octanol–water partition coefficient (Wildman–Crippen LogP) is 1.31. The Morgan fingerprint density at radius 2 is 2.16 bits per heavy atom. The van der Waals surface area contributed by atoms with E-state index in [1.807, 2.05) is 0 Å². The first-order chi connectivity index (χ1) is 9.13. The summed E-state index contributed by atoms with van der Waals surface area (Å²) in [7, 11) is 1.75. The minimum absolute atomic E-state index is 0.209. The fourth-order valence-corrected chi connectivity index (χ4v) is 1.37. The lowest BCUT2D eigenvalue weighted by Gasteiger charge is -2.07. The molecule has 0 unspecified atom stereocenters. The molecule has 0 radical (unpaired) electrons. The molecule has 0 aromatic carbocycles. The summed E-state index contributed by atoms with van der Waals surface area (Å²) in [4.78, 5) is 11.7. The highest BCUT2D eigenvalue weighted by Gasteiger charge is 2.06. The van der Waals surface area contributed by atoms with E-state index in [9.17, 15) is 4.79 Å². The van der Waals surface area contributed by atoms with Gasteiger partial charge in [-0.05, 0) is 24.5 Å². The Hall–Kier alpha value is -1.69. The Bertz CT molecular complexity index is 379. The molecule has 0 spiro atoms. The van der Waals surface area contributed by atoms with Crippen LogP contribution in [-0.2, 0) is 4.74 Å². The van der Waals surface area contributed by atoms with Gasteiger partial charge in [-0.3, -0.25) is 4.79 Å². The molecule has 0 aliphatic rings. The van der Waals surface area contributed by atoms with Crippen LogP contribution in [0.3, 0.4) is 0 Å². The van der Waals surface area contributed by atoms with Crippen LogP contribution in [0.15, 0.2) is 12.1 Å². The molecule has 0 aliphatic carbocycles. The molecule has 0 saturated carbocycles. The van der Waals surface area contributed by atoms with E-state index in [4.69, 9.17) is 4.74 Å². The number of ether oxygens (including phenoxy) is 1. The minimum atomic E-state index is -0.209. The molecular weight excluding hydrogens is 244 g/mol. The maximum Gasteiger partial charge on any atom is 0.271 e. The van der Waals surface area contributed by atoms with Gasteiger partial charge in [0.2, 0.25) is 0 Å². The van der Waals surface area contributed by atoms with Crippen molar-refractivity contribution in [1.29, 1.82) is 0 Å². The number of carbonyl (C=O) groups is 1. The third kappa shape index (κ3) is 6.15. The predicted molar refractivity (Wildman–Crippen MR) is 74.2 cm³/mol. The molecule has 106 valence electrons. The molecule has 0 saturated heterocycles. The van der Waals surface area contributed by atoms with Gasteiger partial charge in [0.25, 0.3) is 5.91 Å². The van der Waals surface area contributed by atoms with Crippen LogP contribution in [0.5, 0.6) is 0 Å². The first-order valence-electron chi connectivity index (χ1n) is 6.51. The quantitative estimate of drug-likeness (QED) is 0.694. The molecule has 1 amide bonds. The van der Waals surface area contributed by atoms with Crippen molar-refractivity contribution in [3.8, 4) is 0 Å². The van der Waals surface area contributed by atoms with Gasteiger partial charge in [0.1, 0.15) is 5.82 Å². The van der Waals surface area contributed by atoms with Crippen molar-refractivity contribution in [2.45, 2.75) is 20.3 Å². The molecule has 0 atom stereocenters. The van der Waals surface area contributed by atoms with E-state index in [0.717, 1.165) is 13.0 Å². The van der Waals surface area contributed by atoms with Crippen molar-refractivity contribution < 1.29 is 9.53 Å². The second-order valence-electron chi connectivity index (χ2n) is 4.63. The van der Waals surface area contributed by atoms with Gasteiger partial charge >= 0.3 is 0 Å². The monoisotopic (exact) mass is 266 g/mol. The standard InChI is InChI=1S/C13H22N4O2/c1-10(2)9-19-8-4-7-15-13(18)11-5-6-12(14-3)17-16-11/h5-6,10H,4,7-9H2,1-3H3,(H,14,17)(H,15,18). The van der Waals surface area contributed by atoms with Gasteiger partial charge in [-0.15, -0.1) is 10.2 Å². The summed E-state index contributed by atoms with van der Waals surface area (Å²) >= 11 is 0. The number of nitrogens with one attached hydrogen (secondary N) is 2. The summed E-state index contributed by atoms with van der Waals surface area (Å²) in [6, 6.07) is 3.36. The van der Waals surface area contributed by atoms with Crippen LogP contribution in [0.1, 0.15) is 30.8 Å². The SMILES string of the molecule is CNc1ccc(C(=O)NCCCOCC(C)C)nn1. The van der Waals surface area contributed by atoms with Crippen LogP contribution in [0.4, 0.5) is 5.82 Å². The average molecular weight is 266 g/mol. The van der Waals surface area contributed by atoms with E-state index < -0.39 is 0 Å². The lowest BCUT2D eigenvalue weighted by molar-refractivity contribution is 0.0920. The summed E-state index contributed by atoms with van der Waals surface area (Å²) in [5.74, 6) is 0.966. The van der Waals surface area contributed by atoms with Crippen LogP contribution in [0.2, 0.25) is 0 Å². The Morgan fingerprint density at radius 3 is 2.74 bits per heavy atom. The molecule has 0 bridgehead atoms. The molecule has 2 N–H and O–H groups in total. The largest absolute Gasteiger partial charge is 0.381 e. The lowest BCUT2D eigenvalue weighted by atomic mass is 10.2. The zero-order valence-electron chi connectivity index (χ0n) is 11.8. The summed E-state index contributed by atoms with van der Waals surface area (Å²) < 4.78 is 5.43. The smallest absolute Gasteiger partial charge is 0.271 e. The second kappa shape index (κ2) is 8.42. The second-order valence-corrected chi connectivity index (χ2v) is 4.63. The first-order valence-corrected chi connectivity index (χ1v) is 6.51. The number of hydrogen-bond donors (Lipinski definition) is 2. The molecule has 0 fully saturated rings. The average Bonchev–Trinajstić information content (AvgIpc) is 2.42. The van der Waals surface area contributed by atoms with Crippen molar-refractivity contribution >= 4 is 11.7 Å². The van der Waals surface area contributed by atoms with Gasteiger partial charge < -0.3 is 15.4 Å². The van der Waals surface area contributed by atoms with Crippen molar-refractivity contribution in [2.75, 3.05) is 32.1 Å². The Labute approximate surface area is 113 Å². The lowest BCUT2D eigenvalue weighted by Crippen LogP contribution is -2.26. The highest BCUT2D eigenvalue weighted by atomic mass is 16.5. The van der Waals surface area contributed by atoms with Crippen LogP contribution >= 0.6 is 0 Å². The van der Waals surface area contributed by atoms with Gasteiger partial charge in [0, 0.05) is 26.8 Å².